The molecule has 2 saturated heterocycles. The smallest absolute Gasteiger partial charge is 0.369 e. The van der Waals surface area contributed by atoms with E-state index < -0.39 is 18.6 Å². The average molecular weight is 511 g/mol. The Morgan fingerprint density at radius 2 is 1.75 bits per heavy atom. The lowest BCUT2D eigenvalue weighted by molar-refractivity contribution is -0.287. The van der Waals surface area contributed by atoms with Gasteiger partial charge in [-0.1, -0.05) is 18.7 Å². The standard InChI is InChI=1S/C27H35F5N4/c1-19-4-3-13-36(19)20(2)22-6-8-23(9-7-22)25-17-33-24(16-34-25)10-5-21-11-14-35(15-12-21)18-26(28,29)27(30,31)32/h6,8,16-17,19,21H,2-5,7,9-15,18H2,1H3. The van der Waals surface area contributed by atoms with Gasteiger partial charge in [-0.3, -0.25) is 14.9 Å². The topological polar surface area (TPSA) is 32.3 Å². The van der Waals surface area contributed by atoms with Gasteiger partial charge in [-0.25, -0.2) is 0 Å². The van der Waals surface area contributed by atoms with Gasteiger partial charge in [0.1, 0.15) is 0 Å². The van der Waals surface area contributed by atoms with E-state index in [4.69, 9.17) is 0 Å². The van der Waals surface area contributed by atoms with Crippen molar-refractivity contribution in [3.8, 4) is 0 Å². The van der Waals surface area contributed by atoms with Gasteiger partial charge < -0.3 is 4.90 Å². The van der Waals surface area contributed by atoms with E-state index in [-0.39, 0.29) is 13.1 Å². The maximum absolute atomic E-state index is 13.3. The van der Waals surface area contributed by atoms with Crippen molar-refractivity contribution in [3.63, 3.8) is 0 Å². The Balaban J connectivity index is 1.24. The molecular weight excluding hydrogens is 475 g/mol. The lowest BCUT2D eigenvalue weighted by Gasteiger charge is -2.34. The first-order chi connectivity index (χ1) is 17.0. The zero-order valence-electron chi connectivity index (χ0n) is 20.8. The number of piperidine rings is 1. The Labute approximate surface area is 210 Å². The van der Waals surface area contributed by atoms with Gasteiger partial charge in [0, 0.05) is 24.5 Å². The van der Waals surface area contributed by atoms with Gasteiger partial charge >= 0.3 is 12.1 Å². The maximum atomic E-state index is 13.3. The molecular formula is C27H35F5N4. The van der Waals surface area contributed by atoms with Gasteiger partial charge in [-0.05, 0) is 88.4 Å². The molecule has 2 fully saturated rings. The molecule has 3 heterocycles. The molecule has 4 rings (SSSR count). The highest BCUT2D eigenvalue weighted by Gasteiger charge is 2.58. The molecule has 36 heavy (non-hydrogen) atoms. The van der Waals surface area contributed by atoms with Crippen LogP contribution in [0.5, 0.6) is 0 Å². The zero-order valence-corrected chi connectivity index (χ0v) is 20.8. The molecule has 9 heteroatoms. The number of nitrogens with zero attached hydrogens (tertiary/aromatic N) is 4. The van der Waals surface area contributed by atoms with Crippen LogP contribution in [-0.4, -0.2) is 64.1 Å². The number of allylic oxidation sites excluding steroid dienone is 4. The predicted octanol–water partition coefficient (Wildman–Crippen LogP) is 6.42. The zero-order chi connectivity index (χ0) is 25.9. The SMILES string of the molecule is C=C(C1=CC=C(c2cnc(CCC3CCN(CC(F)(F)C(F)(F)F)CC3)cn2)CC1)N1CCCC1C. The van der Waals surface area contributed by atoms with E-state index in [2.05, 4.69) is 40.5 Å². The number of aryl methyl sites for hydroxylation is 1. The average Bonchev–Trinajstić information content (AvgIpc) is 3.28. The first-order valence-electron chi connectivity index (χ1n) is 12.9. The van der Waals surface area contributed by atoms with Crippen molar-refractivity contribution >= 4 is 5.57 Å². The molecule has 0 spiro atoms. The van der Waals surface area contributed by atoms with Gasteiger partial charge in [0.05, 0.1) is 24.1 Å². The highest BCUT2D eigenvalue weighted by Crippen LogP contribution is 2.37. The second-order valence-electron chi connectivity index (χ2n) is 10.4. The summed E-state index contributed by atoms with van der Waals surface area (Å²) in [6, 6.07) is 0.550. The van der Waals surface area contributed by atoms with E-state index in [1.54, 1.807) is 12.4 Å². The molecule has 0 radical (unpaired) electrons. The monoisotopic (exact) mass is 510 g/mol. The van der Waals surface area contributed by atoms with Crippen molar-refractivity contribution in [3.05, 3.63) is 53.8 Å². The van der Waals surface area contributed by atoms with Crippen molar-refractivity contribution in [1.29, 1.82) is 0 Å². The molecule has 0 N–H and O–H groups in total. The molecule has 4 nitrogen and oxygen atoms in total. The molecule has 0 amide bonds. The largest absolute Gasteiger partial charge is 0.454 e. The fraction of sp³-hybridized carbons (Fsp3) is 0.630. The van der Waals surface area contributed by atoms with Crippen molar-refractivity contribution in [2.75, 3.05) is 26.2 Å². The second-order valence-corrected chi connectivity index (χ2v) is 10.4. The third-order valence-corrected chi connectivity index (χ3v) is 7.81. The molecule has 1 aromatic heterocycles. The van der Waals surface area contributed by atoms with Crippen molar-refractivity contribution in [2.24, 2.45) is 5.92 Å². The van der Waals surface area contributed by atoms with Gasteiger partial charge in [0.2, 0.25) is 0 Å². The van der Waals surface area contributed by atoms with Crippen molar-refractivity contribution in [2.45, 2.75) is 76.4 Å². The summed E-state index contributed by atoms with van der Waals surface area (Å²) in [6.45, 7) is 6.92. The molecule has 1 aromatic rings. The molecule has 0 aromatic carbocycles. The molecule has 198 valence electrons. The van der Waals surface area contributed by atoms with Crippen LogP contribution < -0.4 is 0 Å². The highest BCUT2D eigenvalue weighted by atomic mass is 19.4. The number of rotatable bonds is 8. The van der Waals surface area contributed by atoms with Crippen LogP contribution in [-0.2, 0) is 6.42 Å². The van der Waals surface area contributed by atoms with Crippen LogP contribution in [0, 0.1) is 5.92 Å². The van der Waals surface area contributed by atoms with E-state index in [0.29, 0.717) is 31.2 Å². The second kappa shape index (κ2) is 11.0. The normalized spacial score (nSPS) is 22.5. The van der Waals surface area contributed by atoms with E-state index >= 15 is 0 Å². The lowest BCUT2D eigenvalue weighted by Crippen LogP contribution is -2.49. The Hall–Kier alpha value is -2.29. The molecule has 3 aliphatic rings. The predicted molar refractivity (Wildman–Crippen MR) is 130 cm³/mol. The Bertz CT molecular complexity index is 975. The van der Waals surface area contributed by atoms with Crippen molar-refractivity contribution in [1.82, 2.24) is 19.8 Å². The number of aromatic nitrogens is 2. The first kappa shape index (κ1) is 26.8. The molecule has 0 bridgehead atoms. The van der Waals surface area contributed by atoms with E-state index in [9.17, 15) is 22.0 Å². The number of alkyl halides is 5. The minimum absolute atomic E-state index is 0.258. The lowest BCUT2D eigenvalue weighted by atomic mass is 9.91. The first-order valence-corrected chi connectivity index (χ1v) is 12.9. The molecule has 1 aliphatic carbocycles. The molecule has 1 unspecified atom stereocenters. The number of likely N-dealkylation sites (tertiary alicyclic amines) is 2. The van der Waals surface area contributed by atoms with Crippen LogP contribution in [0.4, 0.5) is 22.0 Å². The fourth-order valence-electron chi connectivity index (χ4n) is 5.42. The van der Waals surface area contributed by atoms with Crippen LogP contribution in [0.1, 0.15) is 63.3 Å². The summed E-state index contributed by atoms with van der Waals surface area (Å²) in [5.74, 6) is -4.37. The van der Waals surface area contributed by atoms with Gasteiger partial charge in [0.15, 0.2) is 0 Å². The van der Waals surface area contributed by atoms with Crippen LogP contribution in [0.3, 0.4) is 0 Å². The Kier molecular flexibility index (Phi) is 8.17. The number of hydrogen-bond donors (Lipinski definition) is 0. The van der Waals surface area contributed by atoms with E-state index in [1.165, 1.54) is 23.3 Å². The third kappa shape index (κ3) is 6.33. The van der Waals surface area contributed by atoms with E-state index in [0.717, 1.165) is 48.5 Å². The summed E-state index contributed by atoms with van der Waals surface area (Å²) in [4.78, 5) is 12.8. The van der Waals surface area contributed by atoms with Gasteiger partial charge in [-0.15, -0.1) is 0 Å². The number of halogens is 5. The summed E-state index contributed by atoms with van der Waals surface area (Å²) >= 11 is 0. The van der Waals surface area contributed by atoms with Gasteiger partial charge in [0.25, 0.3) is 0 Å². The van der Waals surface area contributed by atoms with Gasteiger partial charge in [-0.2, -0.15) is 22.0 Å². The summed E-state index contributed by atoms with van der Waals surface area (Å²) in [6.07, 6.45) is 9.40. The van der Waals surface area contributed by atoms with Crippen LogP contribution in [0.25, 0.3) is 5.57 Å². The summed E-state index contributed by atoms with van der Waals surface area (Å²) in [7, 11) is 0. The van der Waals surface area contributed by atoms with Crippen LogP contribution in [0.15, 0.2) is 42.4 Å². The summed E-state index contributed by atoms with van der Waals surface area (Å²) in [5.41, 5.74) is 5.31. The van der Waals surface area contributed by atoms with Crippen molar-refractivity contribution < 1.29 is 22.0 Å². The Morgan fingerprint density at radius 3 is 2.31 bits per heavy atom. The maximum Gasteiger partial charge on any atom is 0.454 e. The molecule has 1 atom stereocenters. The Morgan fingerprint density at radius 1 is 1.00 bits per heavy atom. The minimum atomic E-state index is -5.50. The highest BCUT2D eigenvalue weighted by molar-refractivity contribution is 5.66. The van der Waals surface area contributed by atoms with Crippen LogP contribution in [0.2, 0.25) is 0 Å². The third-order valence-electron chi connectivity index (χ3n) is 7.81. The number of hydrogen-bond acceptors (Lipinski definition) is 4. The van der Waals surface area contributed by atoms with E-state index in [1.807, 2.05) is 0 Å². The summed E-state index contributed by atoms with van der Waals surface area (Å²) in [5, 5.41) is 0. The fourth-order valence-corrected chi connectivity index (χ4v) is 5.42. The molecule has 2 aliphatic heterocycles. The summed E-state index contributed by atoms with van der Waals surface area (Å²) < 4.78 is 63.9. The van der Waals surface area contributed by atoms with Crippen LogP contribution >= 0.6 is 0 Å². The quantitative estimate of drug-likeness (QED) is 0.378. The minimum Gasteiger partial charge on any atom is -0.369 e. The molecule has 0 saturated carbocycles.